The molecule has 1 aliphatic rings. The average molecular weight is 436 g/mol. The van der Waals surface area contributed by atoms with Gasteiger partial charge < -0.3 is 5.73 Å². The van der Waals surface area contributed by atoms with Crippen molar-refractivity contribution in [2.45, 2.75) is 32.0 Å². The molecule has 1 heterocycles. The second-order valence-corrected chi connectivity index (χ2v) is 8.16. The number of nitrogens with zero attached hydrogens (tertiary/aromatic N) is 3. The van der Waals surface area contributed by atoms with Crippen molar-refractivity contribution in [3.05, 3.63) is 97.9 Å². The van der Waals surface area contributed by atoms with Gasteiger partial charge in [0.15, 0.2) is 5.78 Å². The number of carbonyl (C=O) groups excluding carboxylic acids is 1. The monoisotopic (exact) mass is 436 g/mol. The van der Waals surface area contributed by atoms with Gasteiger partial charge in [-0.3, -0.25) is 23.6 Å². The summed E-state index contributed by atoms with van der Waals surface area (Å²) >= 11 is 0. The molecule has 0 bridgehead atoms. The Bertz CT molecular complexity index is 1250. The molecule has 4 rings (SSSR count). The molecule has 0 spiro atoms. The number of carbonyl (C=O) groups is 1. The van der Waals surface area contributed by atoms with Crippen LogP contribution < -0.4 is 17.0 Å². The Kier molecular flexibility index (Phi) is 6.05. The van der Waals surface area contributed by atoms with Crippen LogP contribution in [0, 0.1) is 5.82 Å². The van der Waals surface area contributed by atoms with E-state index in [2.05, 4.69) is 0 Å². The van der Waals surface area contributed by atoms with E-state index in [0.29, 0.717) is 6.54 Å². The number of hydrogen-bond donors (Lipinski definition) is 1. The van der Waals surface area contributed by atoms with Crippen molar-refractivity contribution in [1.82, 2.24) is 14.0 Å². The molecular weight excluding hydrogens is 411 g/mol. The predicted molar refractivity (Wildman–Crippen MR) is 120 cm³/mol. The van der Waals surface area contributed by atoms with E-state index < -0.39 is 17.0 Å². The molecule has 1 aromatic heterocycles. The lowest BCUT2D eigenvalue weighted by Crippen LogP contribution is -2.44. The van der Waals surface area contributed by atoms with Crippen LogP contribution in [0.5, 0.6) is 0 Å². The van der Waals surface area contributed by atoms with Gasteiger partial charge in [-0.1, -0.05) is 42.5 Å². The maximum absolute atomic E-state index is 13.2. The lowest BCUT2D eigenvalue weighted by Gasteiger charge is -2.22. The van der Waals surface area contributed by atoms with Crippen LogP contribution in [0.2, 0.25) is 0 Å². The minimum Gasteiger partial charge on any atom is -0.384 e. The van der Waals surface area contributed by atoms with Crippen LogP contribution in [-0.4, -0.2) is 32.4 Å². The molecule has 3 aromatic rings. The number of anilines is 1. The summed E-state index contributed by atoms with van der Waals surface area (Å²) < 4.78 is 15.4. The van der Waals surface area contributed by atoms with Crippen molar-refractivity contribution in [2.24, 2.45) is 7.05 Å². The minimum absolute atomic E-state index is 0.00890. The molecule has 2 N–H and O–H groups in total. The van der Waals surface area contributed by atoms with Gasteiger partial charge in [0, 0.05) is 19.6 Å². The van der Waals surface area contributed by atoms with Crippen LogP contribution in [-0.2, 0) is 20.1 Å². The van der Waals surface area contributed by atoms with E-state index in [4.69, 9.17) is 5.73 Å². The first-order valence-electron chi connectivity index (χ1n) is 10.5. The van der Waals surface area contributed by atoms with Gasteiger partial charge in [-0.2, -0.15) is 0 Å². The van der Waals surface area contributed by atoms with Crippen LogP contribution in [0.1, 0.15) is 34.3 Å². The number of aromatic nitrogens is 2. The summed E-state index contributed by atoms with van der Waals surface area (Å²) in [7, 11) is 1.35. The number of Topliss-reactive ketones (excluding diaryl/α,β-unsaturated/α-hetero) is 1. The molecule has 7 nitrogen and oxygen atoms in total. The summed E-state index contributed by atoms with van der Waals surface area (Å²) in [5.41, 5.74) is 6.47. The molecule has 0 amide bonds. The topological polar surface area (TPSA) is 90.3 Å². The lowest BCUT2D eigenvalue weighted by atomic mass is 10.1. The molecule has 0 saturated heterocycles. The molecule has 1 fully saturated rings. The molecule has 0 radical (unpaired) electrons. The van der Waals surface area contributed by atoms with Crippen LogP contribution >= 0.6 is 0 Å². The van der Waals surface area contributed by atoms with Crippen LogP contribution in [0.15, 0.2) is 64.2 Å². The zero-order valence-corrected chi connectivity index (χ0v) is 17.8. The zero-order valence-electron chi connectivity index (χ0n) is 17.8. The molecule has 8 heteroatoms. The fraction of sp³-hybridized carbons (Fsp3) is 0.292. The predicted octanol–water partition coefficient (Wildman–Crippen LogP) is 2.16. The SMILES string of the molecule is Cn1c(=O)c(C(=O)CN(Cc2ccc(F)cc2)C2CC2)c(N)n(Cc2ccccc2)c1=O. The summed E-state index contributed by atoms with van der Waals surface area (Å²) in [5, 5.41) is 0. The third-order valence-electron chi connectivity index (χ3n) is 5.75. The van der Waals surface area contributed by atoms with Crippen molar-refractivity contribution >= 4 is 11.6 Å². The number of benzene rings is 2. The smallest absolute Gasteiger partial charge is 0.332 e. The van der Waals surface area contributed by atoms with Gasteiger partial charge in [-0.15, -0.1) is 0 Å². The maximum Gasteiger partial charge on any atom is 0.332 e. The largest absolute Gasteiger partial charge is 0.384 e. The molecule has 2 aromatic carbocycles. The third-order valence-corrected chi connectivity index (χ3v) is 5.75. The number of ketones is 1. The van der Waals surface area contributed by atoms with E-state index in [-0.39, 0.29) is 36.3 Å². The normalized spacial score (nSPS) is 13.5. The number of nitrogens with two attached hydrogens (primary N) is 1. The van der Waals surface area contributed by atoms with Gasteiger partial charge in [-0.05, 0) is 36.1 Å². The van der Waals surface area contributed by atoms with Gasteiger partial charge in [0.05, 0.1) is 13.1 Å². The van der Waals surface area contributed by atoms with Crippen LogP contribution in [0.25, 0.3) is 0 Å². The second-order valence-electron chi connectivity index (χ2n) is 8.16. The van der Waals surface area contributed by atoms with Crippen molar-refractivity contribution in [1.29, 1.82) is 0 Å². The molecule has 1 aliphatic carbocycles. The molecule has 0 atom stereocenters. The van der Waals surface area contributed by atoms with E-state index in [1.54, 1.807) is 12.1 Å². The molecule has 32 heavy (non-hydrogen) atoms. The first-order chi connectivity index (χ1) is 15.3. The first-order valence-corrected chi connectivity index (χ1v) is 10.5. The Morgan fingerprint density at radius 1 is 1.06 bits per heavy atom. The van der Waals surface area contributed by atoms with Crippen molar-refractivity contribution < 1.29 is 9.18 Å². The van der Waals surface area contributed by atoms with Crippen LogP contribution in [0.4, 0.5) is 10.2 Å². The molecule has 0 aliphatic heterocycles. The Balaban J connectivity index is 1.64. The molecular formula is C24H25FN4O3. The standard InChI is InChI=1S/C24H25FN4O3/c1-27-23(31)21(22(26)29(24(27)32)14-16-5-3-2-4-6-16)20(30)15-28(19-11-12-19)13-17-7-9-18(25)10-8-17/h2-10,19H,11-15,26H2,1H3. The van der Waals surface area contributed by atoms with E-state index >= 15 is 0 Å². The van der Waals surface area contributed by atoms with Gasteiger partial charge in [0.2, 0.25) is 0 Å². The van der Waals surface area contributed by atoms with Gasteiger partial charge in [0.25, 0.3) is 5.56 Å². The van der Waals surface area contributed by atoms with Crippen molar-refractivity contribution in [3.8, 4) is 0 Å². The van der Waals surface area contributed by atoms with E-state index in [1.165, 1.54) is 23.7 Å². The van der Waals surface area contributed by atoms with Gasteiger partial charge in [0.1, 0.15) is 17.2 Å². The van der Waals surface area contributed by atoms with Gasteiger partial charge >= 0.3 is 5.69 Å². The summed E-state index contributed by atoms with van der Waals surface area (Å²) in [6, 6.07) is 15.6. The highest BCUT2D eigenvalue weighted by Crippen LogP contribution is 2.28. The Hall–Kier alpha value is -3.52. The number of halogens is 1. The highest BCUT2D eigenvalue weighted by Gasteiger charge is 2.32. The van der Waals surface area contributed by atoms with Crippen molar-refractivity contribution in [3.63, 3.8) is 0 Å². The Morgan fingerprint density at radius 2 is 1.72 bits per heavy atom. The van der Waals surface area contributed by atoms with Crippen LogP contribution in [0.3, 0.4) is 0 Å². The van der Waals surface area contributed by atoms with E-state index in [9.17, 15) is 18.8 Å². The quantitative estimate of drug-likeness (QED) is 0.547. The summed E-state index contributed by atoms with van der Waals surface area (Å²) in [6.07, 6.45) is 1.91. The fourth-order valence-electron chi connectivity index (χ4n) is 3.81. The first kappa shape index (κ1) is 21.7. The summed E-state index contributed by atoms with van der Waals surface area (Å²) in [4.78, 5) is 40.7. The molecule has 166 valence electrons. The number of hydrogen-bond acceptors (Lipinski definition) is 5. The lowest BCUT2D eigenvalue weighted by molar-refractivity contribution is 0.0917. The van der Waals surface area contributed by atoms with Gasteiger partial charge in [-0.25, -0.2) is 9.18 Å². The highest BCUT2D eigenvalue weighted by molar-refractivity contribution is 6.01. The molecule has 1 saturated carbocycles. The van der Waals surface area contributed by atoms with Crippen molar-refractivity contribution in [2.75, 3.05) is 12.3 Å². The van der Waals surface area contributed by atoms with E-state index in [0.717, 1.165) is 28.5 Å². The number of nitrogen functional groups attached to an aromatic ring is 1. The Labute approximate surface area is 184 Å². The number of rotatable bonds is 8. The highest BCUT2D eigenvalue weighted by atomic mass is 19.1. The summed E-state index contributed by atoms with van der Waals surface area (Å²) in [5.74, 6) is -0.872. The minimum atomic E-state index is -0.695. The fourth-order valence-corrected chi connectivity index (χ4v) is 3.81. The van der Waals surface area contributed by atoms with E-state index in [1.807, 2.05) is 35.2 Å². The Morgan fingerprint density at radius 3 is 2.34 bits per heavy atom. The maximum atomic E-state index is 13.2. The average Bonchev–Trinajstić information content (AvgIpc) is 3.63. The summed E-state index contributed by atoms with van der Waals surface area (Å²) in [6.45, 7) is 0.605. The third kappa shape index (κ3) is 4.55. The second kappa shape index (κ2) is 8.92. The molecule has 0 unspecified atom stereocenters. The zero-order chi connectivity index (χ0) is 22.8.